The van der Waals surface area contributed by atoms with Crippen LogP contribution in [0.3, 0.4) is 0 Å². The molecule has 0 spiro atoms. The predicted octanol–water partition coefficient (Wildman–Crippen LogP) is 4.30. The van der Waals surface area contributed by atoms with E-state index in [4.69, 9.17) is 4.52 Å². The highest BCUT2D eigenvalue weighted by Gasteiger charge is 2.23. The number of aromatic nitrogens is 6. The van der Waals surface area contributed by atoms with E-state index in [2.05, 4.69) is 30.3 Å². The SMILES string of the molecule is C/C(F)=C(\C)n1nnc(-c2nc(-c3cccc(CN(C)C)c3)no2)c1-c1ccncc1. The van der Waals surface area contributed by atoms with Crippen LogP contribution in [0.25, 0.3) is 39.9 Å². The normalized spacial score (nSPS) is 12.3. The lowest BCUT2D eigenvalue weighted by Gasteiger charge is -2.09. The zero-order chi connectivity index (χ0) is 22.0. The van der Waals surface area contributed by atoms with Crippen molar-refractivity contribution in [2.24, 2.45) is 0 Å². The summed E-state index contributed by atoms with van der Waals surface area (Å²) in [6, 6.07) is 11.5. The summed E-state index contributed by atoms with van der Waals surface area (Å²) in [7, 11) is 4.03. The Morgan fingerprint density at radius 1 is 1.10 bits per heavy atom. The average Bonchev–Trinajstić information content (AvgIpc) is 3.41. The molecule has 4 rings (SSSR count). The standard InChI is InChI=1S/C22H22FN7O/c1-14(23)15(2)30-20(17-8-10-24-11-9-17)19(26-28-30)22-25-21(27-31-22)18-7-5-6-16(12-18)13-29(3)4/h5-12H,13H2,1-4H3/b15-14-. The van der Waals surface area contributed by atoms with Gasteiger partial charge in [0, 0.05) is 30.1 Å². The van der Waals surface area contributed by atoms with Gasteiger partial charge in [-0.1, -0.05) is 28.6 Å². The van der Waals surface area contributed by atoms with Crippen LogP contribution in [0.1, 0.15) is 19.4 Å². The minimum atomic E-state index is -0.365. The highest BCUT2D eigenvalue weighted by atomic mass is 19.1. The quantitative estimate of drug-likeness (QED) is 0.461. The van der Waals surface area contributed by atoms with E-state index in [0.717, 1.165) is 23.2 Å². The van der Waals surface area contributed by atoms with Gasteiger partial charge in [-0.3, -0.25) is 4.98 Å². The molecule has 0 saturated heterocycles. The maximum absolute atomic E-state index is 14.0. The molecule has 0 aliphatic heterocycles. The number of nitrogens with zero attached hydrogens (tertiary/aromatic N) is 7. The molecule has 1 aromatic carbocycles. The topological polar surface area (TPSA) is 85.8 Å². The highest BCUT2D eigenvalue weighted by molar-refractivity contribution is 5.77. The highest BCUT2D eigenvalue weighted by Crippen LogP contribution is 2.32. The number of benzene rings is 1. The lowest BCUT2D eigenvalue weighted by Crippen LogP contribution is -2.10. The van der Waals surface area contributed by atoms with Crippen molar-refractivity contribution in [3.8, 4) is 34.2 Å². The van der Waals surface area contributed by atoms with Crippen molar-refractivity contribution in [3.63, 3.8) is 0 Å². The molecule has 158 valence electrons. The van der Waals surface area contributed by atoms with Crippen LogP contribution in [0.2, 0.25) is 0 Å². The Labute approximate surface area is 179 Å². The van der Waals surface area contributed by atoms with Gasteiger partial charge in [-0.05, 0) is 51.7 Å². The second-order valence-corrected chi connectivity index (χ2v) is 7.41. The van der Waals surface area contributed by atoms with E-state index in [0.29, 0.717) is 22.9 Å². The predicted molar refractivity (Wildman–Crippen MR) is 115 cm³/mol. The molecule has 31 heavy (non-hydrogen) atoms. The fourth-order valence-corrected chi connectivity index (χ4v) is 3.19. The Bertz CT molecular complexity index is 1220. The average molecular weight is 419 g/mol. The molecule has 0 aliphatic carbocycles. The van der Waals surface area contributed by atoms with E-state index in [9.17, 15) is 4.39 Å². The summed E-state index contributed by atoms with van der Waals surface area (Å²) in [4.78, 5) is 10.7. The monoisotopic (exact) mass is 419 g/mol. The molecule has 3 heterocycles. The van der Waals surface area contributed by atoms with Gasteiger partial charge in [-0.2, -0.15) is 4.98 Å². The van der Waals surface area contributed by atoms with Gasteiger partial charge in [0.15, 0.2) is 5.69 Å². The number of allylic oxidation sites excluding steroid dienone is 2. The summed E-state index contributed by atoms with van der Waals surface area (Å²) in [6.45, 7) is 3.81. The van der Waals surface area contributed by atoms with Crippen molar-refractivity contribution in [2.75, 3.05) is 14.1 Å². The van der Waals surface area contributed by atoms with Crippen LogP contribution in [0.15, 0.2) is 59.1 Å². The molecule has 0 bridgehead atoms. The van der Waals surface area contributed by atoms with E-state index >= 15 is 0 Å². The molecule has 0 saturated carbocycles. The van der Waals surface area contributed by atoms with Crippen molar-refractivity contribution in [2.45, 2.75) is 20.4 Å². The van der Waals surface area contributed by atoms with Crippen LogP contribution in [0.5, 0.6) is 0 Å². The van der Waals surface area contributed by atoms with Crippen molar-refractivity contribution < 1.29 is 8.91 Å². The molecule has 3 aromatic heterocycles. The first-order chi connectivity index (χ1) is 14.9. The lowest BCUT2D eigenvalue weighted by molar-refractivity contribution is 0.402. The molecular formula is C22H22FN7O. The largest absolute Gasteiger partial charge is 0.332 e. The first-order valence-corrected chi connectivity index (χ1v) is 9.71. The third-order valence-electron chi connectivity index (χ3n) is 4.75. The number of rotatable bonds is 6. The molecule has 0 fully saturated rings. The van der Waals surface area contributed by atoms with Crippen molar-refractivity contribution in [3.05, 3.63) is 60.2 Å². The Morgan fingerprint density at radius 2 is 1.87 bits per heavy atom. The van der Waals surface area contributed by atoms with E-state index in [1.54, 1.807) is 31.5 Å². The van der Waals surface area contributed by atoms with Gasteiger partial charge < -0.3 is 9.42 Å². The maximum atomic E-state index is 14.0. The van der Waals surface area contributed by atoms with Crippen LogP contribution < -0.4 is 0 Å². The van der Waals surface area contributed by atoms with Gasteiger partial charge in [0.2, 0.25) is 5.82 Å². The number of halogens is 1. The van der Waals surface area contributed by atoms with Crippen molar-refractivity contribution in [1.82, 2.24) is 35.0 Å². The number of hydrogen-bond donors (Lipinski definition) is 0. The molecule has 0 radical (unpaired) electrons. The minimum absolute atomic E-state index is 0.204. The molecule has 8 nitrogen and oxygen atoms in total. The van der Waals surface area contributed by atoms with E-state index < -0.39 is 0 Å². The van der Waals surface area contributed by atoms with Gasteiger partial charge in [0.1, 0.15) is 11.5 Å². The first-order valence-electron chi connectivity index (χ1n) is 9.71. The van der Waals surface area contributed by atoms with Crippen molar-refractivity contribution in [1.29, 1.82) is 0 Å². The third kappa shape index (κ3) is 4.26. The van der Waals surface area contributed by atoms with Gasteiger partial charge in [-0.15, -0.1) is 5.10 Å². The van der Waals surface area contributed by atoms with Crippen LogP contribution >= 0.6 is 0 Å². The second-order valence-electron chi connectivity index (χ2n) is 7.41. The summed E-state index contributed by atoms with van der Waals surface area (Å²) in [5, 5.41) is 12.5. The molecular weight excluding hydrogens is 397 g/mol. The van der Waals surface area contributed by atoms with Gasteiger partial charge >= 0.3 is 0 Å². The zero-order valence-corrected chi connectivity index (χ0v) is 17.7. The summed E-state index contributed by atoms with van der Waals surface area (Å²) in [5.41, 5.74) is 3.97. The van der Waals surface area contributed by atoms with E-state index in [1.165, 1.54) is 11.6 Å². The Balaban J connectivity index is 1.79. The maximum Gasteiger partial charge on any atom is 0.281 e. The molecule has 0 N–H and O–H groups in total. The second kappa shape index (κ2) is 8.57. The van der Waals surface area contributed by atoms with Gasteiger partial charge in [0.25, 0.3) is 5.89 Å². The Hall–Kier alpha value is -3.72. The molecule has 0 amide bonds. The van der Waals surface area contributed by atoms with Gasteiger partial charge in [-0.25, -0.2) is 9.07 Å². The molecule has 9 heteroatoms. The fourth-order valence-electron chi connectivity index (χ4n) is 3.19. The molecule has 4 aromatic rings. The first kappa shape index (κ1) is 20.5. The lowest BCUT2D eigenvalue weighted by atomic mass is 10.1. The van der Waals surface area contributed by atoms with Crippen molar-refractivity contribution >= 4 is 5.70 Å². The summed E-state index contributed by atoms with van der Waals surface area (Å²) in [6.07, 6.45) is 3.29. The third-order valence-corrected chi connectivity index (χ3v) is 4.75. The summed E-state index contributed by atoms with van der Waals surface area (Å²) >= 11 is 0. The molecule has 0 atom stereocenters. The molecule has 0 aliphatic rings. The summed E-state index contributed by atoms with van der Waals surface area (Å²) in [5.74, 6) is 0.283. The number of pyridine rings is 1. The Morgan fingerprint density at radius 3 is 2.58 bits per heavy atom. The number of hydrogen-bond acceptors (Lipinski definition) is 7. The molecule has 0 unspecified atom stereocenters. The fraction of sp³-hybridized carbons (Fsp3) is 0.227. The van der Waals surface area contributed by atoms with Crippen LogP contribution in [0, 0.1) is 0 Å². The van der Waals surface area contributed by atoms with Crippen LogP contribution in [0.4, 0.5) is 4.39 Å². The minimum Gasteiger partial charge on any atom is -0.332 e. The van der Waals surface area contributed by atoms with E-state index in [1.807, 2.05) is 38.4 Å². The summed E-state index contributed by atoms with van der Waals surface area (Å²) < 4.78 is 20.9. The zero-order valence-electron chi connectivity index (χ0n) is 17.7. The smallest absolute Gasteiger partial charge is 0.281 e. The van der Waals surface area contributed by atoms with E-state index in [-0.39, 0.29) is 11.7 Å². The van der Waals surface area contributed by atoms with Gasteiger partial charge in [0.05, 0.1) is 5.70 Å². The van der Waals surface area contributed by atoms with Crippen LogP contribution in [-0.2, 0) is 6.54 Å². The van der Waals surface area contributed by atoms with Crippen LogP contribution in [-0.4, -0.2) is 49.1 Å². The Kier molecular flexibility index (Phi) is 5.68.